The van der Waals surface area contributed by atoms with Gasteiger partial charge in [0.15, 0.2) is 5.11 Å². The van der Waals surface area contributed by atoms with Crippen LogP contribution in [0.3, 0.4) is 0 Å². The largest absolute Gasteiger partial charge is 0.351 e. The van der Waals surface area contributed by atoms with Crippen molar-refractivity contribution >= 4 is 23.0 Å². The van der Waals surface area contributed by atoms with Crippen LogP contribution in [-0.4, -0.2) is 14.7 Å². The summed E-state index contributed by atoms with van der Waals surface area (Å²) in [6, 6.07) is 15.2. The van der Waals surface area contributed by atoms with Crippen LogP contribution in [0.1, 0.15) is 54.4 Å². The number of nitrogens with one attached hydrogen (secondary N) is 1. The second-order valence-corrected chi connectivity index (χ2v) is 8.14. The second kappa shape index (κ2) is 7.40. The van der Waals surface area contributed by atoms with Gasteiger partial charge in [0.1, 0.15) is 0 Å². The summed E-state index contributed by atoms with van der Waals surface area (Å²) < 4.78 is 2.24. The number of benzene rings is 1. The average Bonchev–Trinajstić information content (AvgIpc) is 3.29. The lowest BCUT2D eigenvalue weighted by Crippen LogP contribution is -2.29. The number of anilines is 1. The molecule has 1 aliphatic heterocycles. The predicted octanol–water partition coefficient (Wildman–Crippen LogP) is 5.26. The van der Waals surface area contributed by atoms with Crippen molar-refractivity contribution < 1.29 is 0 Å². The third-order valence-electron chi connectivity index (χ3n) is 5.54. The van der Waals surface area contributed by atoms with Gasteiger partial charge in [-0.05, 0) is 86.9 Å². The maximum Gasteiger partial charge on any atom is 0.174 e. The lowest BCUT2D eigenvalue weighted by Gasteiger charge is -2.28. The molecule has 1 N–H and O–H groups in total. The summed E-state index contributed by atoms with van der Waals surface area (Å²) in [5, 5.41) is 4.26. The van der Waals surface area contributed by atoms with E-state index >= 15 is 0 Å². The van der Waals surface area contributed by atoms with Crippen molar-refractivity contribution in [1.82, 2.24) is 14.9 Å². The van der Waals surface area contributed by atoms with Crippen LogP contribution >= 0.6 is 12.2 Å². The molecule has 1 saturated heterocycles. The highest BCUT2D eigenvalue weighted by molar-refractivity contribution is 7.80. The zero-order valence-corrected chi connectivity index (χ0v) is 17.6. The Hall–Kier alpha value is -2.66. The molecule has 0 bridgehead atoms. The van der Waals surface area contributed by atoms with Gasteiger partial charge in [-0.3, -0.25) is 4.98 Å². The van der Waals surface area contributed by atoms with E-state index in [1.165, 1.54) is 16.7 Å². The number of nitrogens with zero attached hydrogens (tertiary/aromatic N) is 3. The van der Waals surface area contributed by atoms with E-state index in [2.05, 4.69) is 90.2 Å². The minimum absolute atomic E-state index is 0.00155. The molecule has 1 aromatic carbocycles. The molecule has 0 saturated carbocycles. The maximum absolute atomic E-state index is 5.79. The Kier molecular flexibility index (Phi) is 4.94. The molecule has 1 fully saturated rings. The Morgan fingerprint density at radius 2 is 1.89 bits per heavy atom. The summed E-state index contributed by atoms with van der Waals surface area (Å²) in [6.07, 6.45) is 6.22. The number of aryl methyl sites for hydroxylation is 2. The highest BCUT2D eigenvalue weighted by atomic mass is 32.1. The van der Waals surface area contributed by atoms with Crippen LogP contribution in [0.15, 0.2) is 61.1 Å². The van der Waals surface area contributed by atoms with Crippen LogP contribution in [0.25, 0.3) is 0 Å². The summed E-state index contributed by atoms with van der Waals surface area (Å²) in [7, 11) is 0. The normalized spacial score (nSPS) is 19.3. The van der Waals surface area contributed by atoms with Gasteiger partial charge in [0.05, 0.1) is 17.8 Å². The molecule has 1 aliphatic rings. The summed E-state index contributed by atoms with van der Waals surface area (Å²) in [5.41, 5.74) is 5.89. The van der Waals surface area contributed by atoms with Gasteiger partial charge in [-0.25, -0.2) is 0 Å². The molecule has 2 atom stereocenters. The van der Waals surface area contributed by atoms with E-state index in [9.17, 15) is 0 Å². The third kappa shape index (κ3) is 3.31. The molecule has 3 heterocycles. The highest BCUT2D eigenvalue weighted by Gasteiger charge is 2.41. The summed E-state index contributed by atoms with van der Waals surface area (Å²) in [6.45, 7) is 8.67. The first-order chi connectivity index (χ1) is 13.5. The Labute approximate surface area is 172 Å². The van der Waals surface area contributed by atoms with Crippen molar-refractivity contribution in [3.8, 4) is 0 Å². The number of aromatic nitrogens is 2. The van der Waals surface area contributed by atoms with E-state index in [-0.39, 0.29) is 12.1 Å². The molecule has 0 aliphatic carbocycles. The van der Waals surface area contributed by atoms with Crippen LogP contribution in [0.2, 0.25) is 0 Å². The van der Waals surface area contributed by atoms with Crippen molar-refractivity contribution in [1.29, 1.82) is 0 Å². The molecule has 3 aromatic rings. The highest BCUT2D eigenvalue weighted by Crippen LogP contribution is 2.42. The number of hydrogen-bond donors (Lipinski definition) is 1. The average molecular weight is 391 g/mol. The van der Waals surface area contributed by atoms with Crippen LogP contribution in [0.4, 0.5) is 5.69 Å². The van der Waals surface area contributed by atoms with Crippen LogP contribution in [-0.2, 0) is 0 Å². The first-order valence-corrected chi connectivity index (χ1v) is 10.1. The second-order valence-electron chi connectivity index (χ2n) is 7.75. The summed E-state index contributed by atoms with van der Waals surface area (Å²) in [5.74, 6) is 0. The SMILES string of the molecule is Cc1ccc(N2C(=S)N[C@H](c3ccccn3)[C@H]2c2ccn(C(C)C)c2)cc1C. The number of pyridine rings is 1. The van der Waals surface area contributed by atoms with Crippen LogP contribution in [0.5, 0.6) is 0 Å². The maximum atomic E-state index is 5.79. The Bertz CT molecular complexity index is 993. The van der Waals surface area contributed by atoms with Crippen molar-refractivity contribution in [2.24, 2.45) is 0 Å². The quantitative estimate of drug-likeness (QED) is 0.616. The lowest BCUT2D eigenvalue weighted by molar-refractivity contribution is 0.560. The Morgan fingerprint density at radius 3 is 2.54 bits per heavy atom. The minimum Gasteiger partial charge on any atom is -0.351 e. The zero-order valence-electron chi connectivity index (χ0n) is 16.8. The molecule has 0 spiro atoms. The molecule has 144 valence electrons. The fourth-order valence-electron chi connectivity index (χ4n) is 3.77. The number of hydrogen-bond acceptors (Lipinski definition) is 2. The van der Waals surface area contributed by atoms with Crippen molar-refractivity contribution in [3.63, 3.8) is 0 Å². The molecular weight excluding hydrogens is 364 g/mol. The van der Waals surface area contributed by atoms with Gasteiger partial charge in [0.25, 0.3) is 0 Å². The van der Waals surface area contributed by atoms with Gasteiger partial charge < -0.3 is 14.8 Å². The van der Waals surface area contributed by atoms with E-state index in [1.54, 1.807) is 0 Å². The molecule has 28 heavy (non-hydrogen) atoms. The molecule has 4 rings (SSSR count). The van der Waals surface area contributed by atoms with Gasteiger partial charge in [0, 0.05) is 30.3 Å². The Morgan fingerprint density at radius 1 is 1.07 bits per heavy atom. The van der Waals surface area contributed by atoms with Crippen LogP contribution in [0, 0.1) is 13.8 Å². The third-order valence-corrected chi connectivity index (χ3v) is 5.86. The van der Waals surface area contributed by atoms with E-state index in [4.69, 9.17) is 12.2 Å². The van der Waals surface area contributed by atoms with Crippen LogP contribution < -0.4 is 10.2 Å². The summed E-state index contributed by atoms with van der Waals surface area (Å²) in [4.78, 5) is 6.85. The number of rotatable bonds is 4. The first kappa shape index (κ1) is 18.7. The van der Waals surface area contributed by atoms with Crippen molar-refractivity contribution in [2.45, 2.75) is 45.8 Å². The topological polar surface area (TPSA) is 33.1 Å². The zero-order chi connectivity index (χ0) is 19.8. The van der Waals surface area contributed by atoms with Gasteiger partial charge in [-0.1, -0.05) is 12.1 Å². The molecule has 0 unspecified atom stereocenters. The smallest absolute Gasteiger partial charge is 0.174 e. The van der Waals surface area contributed by atoms with Gasteiger partial charge in [-0.2, -0.15) is 0 Å². The van der Waals surface area contributed by atoms with Gasteiger partial charge in [-0.15, -0.1) is 0 Å². The fraction of sp³-hybridized carbons (Fsp3) is 0.304. The molecule has 4 nitrogen and oxygen atoms in total. The molecule has 0 amide bonds. The fourth-order valence-corrected chi connectivity index (χ4v) is 4.12. The monoisotopic (exact) mass is 390 g/mol. The first-order valence-electron chi connectivity index (χ1n) is 9.71. The van der Waals surface area contributed by atoms with E-state index in [0.717, 1.165) is 16.5 Å². The van der Waals surface area contributed by atoms with E-state index < -0.39 is 0 Å². The Balaban J connectivity index is 1.82. The molecule has 2 aromatic heterocycles. The predicted molar refractivity (Wildman–Crippen MR) is 119 cm³/mol. The minimum atomic E-state index is -0.00155. The molecule has 0 radical (unpaired) electrons. The van der Waals surface area contributed by atoms with Gasteiger partial charge >= 0.3 is 0 Å². The molecular formula is C23H26N4S. The van der Waals surface area contributed by atoms with Crippen molar-refractivity contribution in [3.05, 3.63) is 83.4 Å². The summed E-state index contributed by atoms with van der Waals surface area (Å²) >= 11 is 5.79. The van der Waals surface area contributed by atoms with E-state index in [1.807, 2.05) is 18.3 Å². The number of thiocarbonyl (C=S) groups is 1. The van der Waals surface area contributed by atoms with Gasteiger partial charge in [0.2, 0.25) is 0 Å². The standard InChI is InChI=1S/C23H26N4S/c1-15(2)26-12-10-18(14-26)22-21(20-7-5-6-11-24-20)25-23(28)27(22)19-9-8-16(3)17(4)13-19/h5-15,21-22H,1-4H3,(H,25,28)/t21-,22-/m1/s1. The van der Waals surface area contributed by atoms with E-state index in [0.29, 0.717) is 6.04 Å². The van der Waals surface area contributed by atoms with Crippen molar-refractivity contribution in [2.75, 3.05) is 4.90 Å². The lowest BCUT2D eigenvalue weighted by atomic mass is 9.98. The molecule has 5 heteroatoms.